The van der Waals surface area contributed by atoms with Gasteiger partial charge in [-0.25, -0.2) is 4.79 Å². The van der Waals surface area contributed by atoms with Gasteiger partial charge in [-0.1, -0.05) is 30.3 Å². The highest BCUT2D eigenvalue weighted by Crippen LogP contribution is 2.17. The van der Waals surface area contributed by atoms with Crippen LogP contribution in [0, 0.1) is 0 Å². The Bertz CT molecular complexity index is 482. The summed E-state index contributed by atoms with van der Waals surface area (Å²) < 4.78 is 0. The Balaban J connectivity index is 2.77. The van der Waals surface area contributed by atoms with Crippen molar-refractivity contribution in [3.63, 3.8) is 0 Å². The number of hydrogen-bond donors (Lipinski definition) is 3. The molecular weight excluding hydrogens is 272 g/mol. The number of benzene rings is 1. The van der Waals surface area contributed by atoms with Gasteiger partial charge in [-0.2, -0.15) is 0 Å². The van der Waals surface area contributed by atoms with Gasteiger partial charge in [-0.15, -0.1) is 0 Å². The molecule has 0 aromatic heterocycles. The first-order chi connectivity index (χ1) is 9.69. The number of urea groups is 1. The van der Waals surface area contributed by atoms with E-state index in [1.54, 1.807) is 45.2 Å². The quantitative estimate of drug-likeness (QED) is 0.743. The highest BCUT2D eigenvalue weighted by molar-refractivity contribution is 5.76. The maximum atomic E-state index is 12.1. The fourth-order valence-electron chi connectivity index (χ4n) is 2.02. The third kappa shape index (κ3) is 6.27. The van der Waals surface area contributed by atoms with Gasteiger partial charge in [-0.05, 0) is 19.4 Å². The standard InChI is InChI=1S/C15H22N2O4/c1-15(2,21)10-17(3)14(20)16-12(9-13(18)19)11-7-5-4-6-8-11/h4-8,12,21H,9-10H2,1-3H3,(H,16,20)(H,18,19). The lowest BCUT2D eigenvalue weighted by Gasteiger charge is -2.27. The van der Waals surface area contributed by atoms with E-state index in [4.69, 9.17) is 5.11 Å². The van der Waals surface area contributed by atoms with Gasteiger partial charge in [-0.3, -0.25) is 4.79 Å². The number of aliphatic carboxylic acids is 1. The van der Waals surface area contributed by atoms with Gasteiger partial charge in [0.2, 0.25) is 0 Å². The van der Waals surface area contributed by atoms with Gasteiger partial charge in [0.25, 0.3) is 0 Å². The summed E-state index contributed by atoms with van der Waals surface area (Å²) in [5.41, 5.74) is -0.286. The first-order valence-corrected chi connectivity index (χ1v) is 6.70. The summed E-state index contributed by atoms with van der Waals surface area (Å²) in [4.78, 5) is 24.4. The van der Waals surface area contributed by atoms with Gasteiger partial charge in [0.1, 0.15) is 0 Å². The van der Waals surface area contributed by atoms with Gasteiger partial charge >= 0.3 is 12.0 Å². The number of likely N-dealkylation sites (N-methyl/N-ethyl adjacent to an activating group) is 1. The Morgan fingerprint density at radius 1 is 1.29 bits per heavy atom. The number of carbonyl (C=O) groups excluding carboxylic acids is 1. The second kappa shape index (κ2) is 7.08. The van der Waals surface area contributed by atoms with Gasteiger partial charge in [0.15, 0.2) is 0 Å². The molecule has 0 spiro atoms. The Hall–Kier alpha value is -2.08. The third-order valence-electron chi connectivity index (χ3n) is 2.85. The lowest BCUT2D eigenvalue weighted by molar-refractivity contribution is -0.137. The fourth-order valence-corrected chi connectivity index (χ4v) is 2.02. The maximum Gasteiger partial charge on any atom is 0.317 e. The highest BCUT2D eigenvalue weighted by Gasteiger charge is 2.23. The zero-order chi connectivity index (χ0) is 16.0. The van der Waals surface area contributed by atoms with Crippen LogP contribution < -0.4 is 5.32 Å². The number of rotatable bonds is 6. The van der Waals surface area contributed by atoms with E-state index >= 15 is 0 Å². The molecule has 6 nitrogen and oxygen atoms in total. The second-order valence-corrected chi connectivity index (χ2v) is 5.68. The summed E-state index contributed by atoms with van der Waals surface area (Å²) in [6.07, 6.45) is -0.202. The van der Waals surface area contributed by atoms with Crippen LogP contribution in [-0.2, 0) is 4.79 Å². The van der Waals surface area contributed by atoms with E-state index in [9.17, 15) is 14.7 Å². The molecule has 0 saturated heterocycles. The third-order valence-corrected chi connectivity index (χ3v) is 2.85. The molecule has 21 heavy (non-hydrogen) atoms. The minimum absolute atomic E-state index is 0.146. The minimum atomic E-state index is -1.01. The number of hydrogen-bond acceptors (Lipinski definition) is 3. The molecule has 0 aliphatic heterocycles. The topological polar surface area (TPSA) is 89.9 Å². The van der Waals surface area contributed by atoms with Crippen LogP contribution in [0.2, 0.25) is 0 Å². The Morgan fingerprint density at radius 3 is 2.33 bits per heavy atom. The molecule has 0 aliphatic rings. The maximum absolute atomic E-state index is 12.1. The van der Waals surface area contributed by atoms with E-state index < -0.39 is 23.6 Å². The molecule has 0 radical (unpaired) electrons. The van der Waals surface area contributed by atoms with Crippen LogP contribution in [0.15, 0.2) is 30.3 Å². The molecule has 1 aromatic rings. The number of carbonyl (C=O) groups is 2. The molecule has 0 aliphatic carbocycles. The first kappa shape index (κ1) is 17.0. The number of carboxylic acids is 1. The fraction of sp³-hybridized carbons (Fsp3) is 0.467. The van der Waals surface area contributed by atoms with Crippen molar-refractivity contribution < 1.29 is 19.8 Å². The summed E-state index contributed by atoms with van der Waals surface area (Å²) in [7, 11) is 1.55. The number of nitrogens with zero attached hydrogens (tertiary/aromatic N) is 1. The van der Waals surface area contributed by atoms with Crippen LogP contribution in [0.4, 0.5) is 4.79 Å². The average molecular weight is 294 g/mol. The van der Waals surface area contributed by atoms with Crippen molar-refractivity contribution in [2.45, 2.75) is 31.9 Å². The van der Waals surface area contributed by atoms with Crippen molar-refractivity contribution in [3.05, 3.63) is 35.9 Å². The van der Waals surface area contributed by atoms with Crippen LogP contribution >= 0.6 is 0 Å². The molecule has 2 amide bonds. The highest BCUT2D eigenvalue weighted by atomic mass is 16.4. The molecule has 1 rings (SSSR count). The summed E-state index contributed by atoms with van der Waals surface area (Å²) >= 11 is 0. The molecule has 0 heterocycles. The van der Waals surface area contributed by atoms with Gasteiger partial charge < -0.3 is 20.4 Å². The van der Waals surface area contributed by atoms with Crippen LogP contribution in [0.1, 0.15) is 31.9 Å². The average Bonchev–Trinajstić information content (AvgIpc) is 2.36. The monoisotopic (exact) mass is 294 g/mol. The Kier molecular flexibility index (Phi) is 5.72. The summed E-state index contributed by atoms with van der Waals surface area (Å²) in [5, 5.41) is 21.4. The van der Waals surface area contributed by atoms with Gasteiger partial charge in [0.05, 0.1) is 24.6 Å². The molecular formula is C15H22N2O4. The van der Waals surface area contributed by atoms with Gasteiger partial charge in [0, 0.05) is 7.05 Å². The Labute approximate surface area is 124 Å². The van der Waals surface area contributed by atoms with E-state index in [1.807, 2.05) is 6.07 Å². The van der Waals surface area contributed by atoms with Crippen LogP contribution in [0.25, 0.3) is 0 Å². The van der Waals surface area contributed by atoms with Crippen LogP contribution in [0.3, 0.4) is 0 Å². The Morgan fingerprint density at radius 2 is 1.86 bits per heavy atom. The smallest absolute Gasteiger partial charge is 0.317 e. The zero-order valence-corrected chi connectivity index (χ0v) is 12.5. The molecule has 0 fully saturated rings. The summed E-state index contributed by atoms with van der Waals surface area (Å²) in [6.45, 7) is 3.35. The number of nitrogens with one attached hydrogen (secondary N) is 1. The lowest BCUT2D eigenvalue weighted by atomic mass is 10.0. The van der Waals surface area contributed by atoms with Crippen molar-refractivity contribution >= 4 is 12.0 Å². The lowest BCUT2D eigenvalue weighted by Crippen LogP contribution is -2.45. The zero-order valence-electron chi connectivity index (χ0n) is 12.5. The van der Waals surface area contributed by atoms with Crippen molar-refractivity contribution in [3.8, 4) is 0 Å². The minimum Gasteiger partial charge on any atom is -0.481 e. The van der Waals surface area contributed by atoms with E-state index in [-0.39, 0.29) is 13.0 Å². The molecule has 1 unspecified atom stereocenters. The molecule has 116 valence electrons. The second-order valence-electron chi connectivity index (χ2n) is 5.68. The van der Waals surface area contributed by atoms with E-state index in [0.29, 0.717) is 0 Å². The summed E-state index contributed by atoms with van der Waals surface area (Å²) in [6, 6.07) is 7.90. The van der Waals surface area contributed by atoms with Crippen molar-refractivity contribution in [2.75, 3.05) is 13.6 Å². The van der Waals surface area contributed by atoms with E-state index in [2.05, 4.69) is 5.32 Å². The van der Waals surface area contributed by atoms with E-state index in [1.165, 1.54) is 4.90 Å². The van der Waals surface area contributed by atoms with Crippen molar-refractivity contribution in [1.29, 1.82) is 0 Å². The predicted octanol–water partition coefficient (Wildman–Crippen LogP) is 1.61. The molecule has 3 N–H and O–H groups in total. The van der Waals surface area contributed by atoms with Crippen molar-refractivity contribution in [2.24, 2.45) is 0 Å². The largest absolute Gasteiger partial charge is 0.481 e. The summed E-state index contributed by atoms with van der Waals surface area (Å²) in [5.74, 6) is -0.991. The van der Waals surface area contributed by atoms with Crippen LogP contribution in [0.5, 0.6) is 0 Å². The molecule has 6 heteroatoms. The SMILES string of the molecule is CN(CC(C)(C)O)C(=O)NC(CC(=O)O)c1ccccc1. The molecule has 1 atom stereocenters. The number of amides is 2. The van der Waals surface area contributed by atoms with Crippen LogP contribution in [-0.4, -0.2) is 46.3 Å². The molecule has 0 bridgehead atoms. The molecule has 1 aromatic carbocycles. The number of aliphatic hydroxyl groups is 1. The first-order valence-electron chi connectivity index (χ1n) is 6.70. The van der Waals surface area contributed by atoms with Crippen molar-refractivity contribution in [1.82, 2.24) is 10.2 Å². The predicted molar refractivity (Wildman–Crippen MR) is 78.9 cm³/mol. The molecule has 0 saturated carbocycles. The van der Waals surface area contributed by atoms with E-state index in [0.717, 1.165) is 5.56 Å². The number of carboxylic acid groups (broad SMARTS) is 1. The normalized spacial score (nSPS) is 12.6.